The number of rotatable bonds is 7. The predicted octanol–water partition coefficient (Wildman–Crippen LogP) is 5.43. The minimum absolute atomic E-state index is 0.0575. The Balaban J connectivity index is 0.00000166. The van der Waals surface area contributed by atoms with Crippen LogP contribution in [0.3, 0.4) is 0 Å². The minimum Gasteiger partial charge on any atom is -0.481 e. The first-order valence-corrected chi connectivity index (χ1v) is 10.7. The molecule has 0 bridgehead atoms. The number of pyridine rings is 1. The molecule has 0 fully saturated rings. The number of benzene rings is 1. The Hall–Kier alpha value is -2.93. The Morgan fingerprint density at radius 3 is 2.77 bits per heavy atom. The molecule has 0 amide bonds. The van der Waals surface area contributed by atoms with E-state index in [1.54, 1.807) is 6.07 Å². The van der Waals surface area contributed by atoms with Gasteiger partial charge in [0.2, 0.25) is 11.8 Å². The molecule has 0 saturated heterocycles. The van der Waals surface area contributed by atoms with E-state index >= 15 is 0 Å². The van der Waals surface area contributed by atoms with Gasteiger partial charge in [0.1, 0.15) is 5.02 Å². The molecule has 8 heteroatoms. The number of halogens is 1. The van der Waals surface area contributed by atoms with Gasteiger partial charge in [-0.3, -0.25) is 10.2 Å². The highest BCUT2D eigenvalue weighted by Crippen LogP contribution is 2.35. The van der Waals surface area contributed by atoms with Gasteiger partial charge in [-0.2, -0.15) is 0 Å². The summed E-state index contributed by atoms with van der Waals surface area (Å²) < 4.78 is 5.47. The van der Waals surface area contributed by atoms with Crippen LogP contribution in [0.25, 0.3) is 0 Å². The van der Waals surface area contributed by atoms with E-state index in [1.165, 1.54) is 12.4 Å². The van der Waals surface area contributed by atoms with Gasteiger partial charge in [0.05, 0.1) is 24.3 Å². The van der Waals surface area contributed by atoms with Gasteiger partial charge < -0.3 is 14.7 Å². The summed E-state index contributed by atoms with van der Waals surface area (Å²) >= 11 is 6.13. The normalized spacial score (nSPS) is 14.7. The summed E-state index contributed by atoms with van der Waals surface area (Å²) in [6, 6.07) is 7.33. The Morgan fingerprint density at radius 1 is 1.39 bits per heavy atom. The molecule has 0 spiro atoms. The quantitative estimate of drug-likeness (QED) is 0.336. The van der Waals surface area contributed by atoms with Crippen molar-refractivity contribution in [1.29, 1.82) is 5.41 Å². The molecule has 1 aliphatic carbocycles. The highest BCUT2D eigenvalue weighted by atomic mass is 35.5. The summed E-state index contributed by atoms with van der Waals surface area (Å²) in [5.41, 5.74) is 3.42. The minimum atomic E-state index is -0.779. The van der Waals surface area contributed by atoms with Crippen molar-refractivity contribution in [3.05, 3.63) is 57.7 Å². The molecular weight excluding hydrogens is 418 g/mol. The summed E-state index contributed by atoms with van der Waals surface area (Å²) in [4.78, 5) is 20.2. The van der Waals surface area contributed by atoms with Crippen LogP contribution in [-0.2, 0) is 16.1 Å². The van der Waals surface area contributed by atoms with Crippen LogP contribution in [0.15, 0.2) is 35.6 Å². The Kier molecular flexibility index (Phi) is 9.00. The number of aromatic nitrogens is 1. The summed E-state index contributed by atoms with van der Waals surface area (Å²) in [7, 11) is 0. The van der Waals surface area contributed by atoms with Crippen LogP contribution in [0, 0.1) is 5.41 Å². The molecule has 1 heterocycles. The number of carboxylic acid groups (broad SMARTS) is 1. The number of carbonyl (C=O) groups is 1. The largest absolute Gasteiger partial charge is 0.481 e. The van der Waals surface area contributed by atoms with Crippen molar-refractivity contribution in [3.63, 3.8) is 0 Å². The van der Waals surface area contributed by atoms with Gasteiger partial charge in [-0.25, -0.2) is 4.98 Å². The van der Waals surface area contributed by atoms with Crippen LogP contribution in [0.4, 0.5) is 0 Å². The van der Waals surface area contributed by atoms with Crippen molar-refractivity contribution in [3.8, 4) is 5.88 Å². The third kappa shape index (κ3) is 6.79. The molecule has 3 rings (SSSR count). The van der Waals surface area contributed by atoms with Gasteiger partial charge in [-0.15, -0.1) is 0 Å². The highest BCUT2D eigenvalue weighted by molar-refractivity contribution is 6.32. The molecular formula is C23H28ClN3O4. The fraction of sp³-hybridized carbons (Fsp3) is 0.391. The number of oxime groups is 1. The highest BCUT2D eigenvalue weighted by Gasteiger charge is 2.24. The maximum atomic E-state index is 11.0. The van der Waals surface area contributed by atoms with Crippen LogP contribution in [-0.4, -0.2) is 34.3 Å². The predicted molar refractivity (Wildman–Crippen MR) is 122 cm³/mol. The van der Waals surface area contributed by atoms with Crippen LogP contribution >= 0.6 is 11.6 Å². The number of hydrogen-bond donors (Lipinski definition) is 2. The molecule has 2 aromatic rings. The monoisotopic (exact) mass is 445 g/mol. The zero-order valence-corrected chi connectivity index (χ0v) is 18.9. The van der Waals surface area contributed by atoms with E-state index in [-0.39, 0.29) is 24.3 Å². The maximum Gasteiger partial charge on any atom is 0.303 e. The molecule has 0 saturated carbocycles. The molecule has 1 aromatic carbocycles. The lowest BCUT2D eigenvalue weighted by atomic mass is 9.97. The molecule has 0 aliphatic heterocycles. The zero-order chi connectivity index (χ0) is 23.0. The third-order valence-electron chi connectivity index (χ3n) is 4.55. The van der Waals surface area contributed by atoms with Gasteiger partial charge in [-0.1, -0.05) is 42.7 Å². The topological polar surface area (TPSA) is 105 Å². The van der Waals surface area contributed by atoms with Crippen LogP contribution in [0.1, 0.15) is 68.7 Å². The second kappa shape index (κ2) is 11.5. The van der Waals surface area contributed by atoms with Crippen LogP contribution < -0.4 is 4.74 Å². The molecule has 1 aliphatic rings. The summed E-state index contributed by atoms with van der Waals surface area (Å²) in [5, 5.41) is 21.2. The Morgan fingerprint density at radius 2 is 2.13 bits per heavy atom. The second-order valence-electron chi connectivity index (χ2n) is 7.12. The zero-order valence-electron chi connectivity index (χ0n) is 18.2. The number of fused-ring (bicyclic) bond motifs is 1. The lowest BCUT2D eigenvalue weighted by molar-refractivity contribution is -0.137. The van der Waals surface area contributed by atoms with Crippen molar-refractivity contribution >= 4 is 29.7 Å². The van der Waals surface area contributed by atoms with Gasteiger partial charge >= 0.3 is 5.97 Å². The van der Waals surface area contributed by atoms with Crippen molar-refractivity contribution in [2.75, 3.05) is 0 Å². The third-order valence-corrected chi connectivity index (χ3v) is 4.82. The average Bonchev–Trinajstić information content (AvgIpc) is 3.12. The van der Waals surface area contributed by atoms with Gasteiger partial charge in [0.25, 0.3) is 0 Å². The first-order valence-electron chi connectivity index (χ1n) is 10.3. The maximum absolute atomic E-state index is 11.0. The van der Waals surface area contributed by atoms with E-state index in [2.05, 4.69) is 10.1 Å². The molecule has 166 valence electrons. The Bertz CT molecular complexity index is 960. The molecule has 2 N–H and O–H groups in total. The van der Waals surface area contributed by atoms with E-state index < -0.39 is 5.97 Å². The fourth-order valence-electron chi connectivity index (χ4n) is 3.28. The van der Waals surface area contributed by atoms with E-state index in [4.69, 9.17) is 31.7 Å². The van der Waals surface area contributed by atoms with E-state index in [0.29, 0.717) is 16.5 Å². The summed E-state index contributed by atoms with van der Waals surface area (Å²) in [6.07, 6.45) is 4.74. The lowest BCUT2D eigenvalue weighted by Gasteiger charge is -2.10. The number of hydrogen-bond acceptors (Lipinski definition) is 6. The lowest BCUT2D eigenvalue weighted by Crippen LogP contribution is -2.09. The van der Waals surface area contributed by atoms with E-state index in [1.807, 2.05) is 45.9 Å². The van der Waals surface area contributed by atoms with Crippen molar-refractivity contribution in [2.45, 2.75) is 59.0 Å². The number of carboxylic acids is 1. The van der Waals surface area contributed by atoms with Gasteiger partial charge in [0, 0.05) is 6.20 Å². The fourth-order valence-corrected chi connectivity index (χ4v) is 3.49. The van der Waals surface area contributed by atoms with Crippen molar-refractivity contribution in [1.82, 2.24) is 4.98 Å². The Labute approximate surface area is 187 Å². The van der Waals surface area contributed by atoms with E-state index in [0.717, 1.165) is 29.5 Å². The first-order chi connectivity index (χ1) is 14.8. The molecule has 31 heavy (non-hydrogen) atoms. The average molecular weight is 446 g/mol. The van der Waals surface area contributed by atoms with E-state index in [9.17, 15) is 4.79 Å². The van der Waals surface area contributed by atoms with Crippen LogP contribution in [0.5, 0.6) is 5.88 Å². The first kappa shape index (κ1) is 24.3. The SMILES string of the molecule is CC.CC(C)Oc1ncc(C(=N)O/N=C/c2ccc3c(c2)CCC3CC(=O)O)cc1Cl. The molecule has 7 nitrogen and oxygen atoms in total. The van der Waals surface area contributed by atoms with Gasteiger partial charge in [0.15, 0.2) is 0 Å². The number of ether oxygens (including phenoxy) is 1. The smallest absolute Gasteiger partial charge is 0.303 e. The number of nitrogens with zero attached hydrogens (tertiary/aromatic N) is 2. The number of aliphatic carboxylic acids is 1. The van der Waals surface area contributed by atoms with Crippen molar-refractivity contribution in [2.24, 2.45) is 5.16 Å². The van der Waals surface area contributed by atoms with Gasteiger partial charge in [-0.05, 0) is 61.4 Å². The summed E-state index contributed by atoms with van der Waals surface area (Å²) in [5.74, 6) is -0.591. The molecule has 1 aromatic heterocycles. The number of nitrogens with one attached hydrogen (secondary N) is 1. The molecule has 0 radical (unpaired) electrons. The van der Waals surface area contributed by atoms with Crippen LogP contribution in [0.2, 0.25) is 5.02 Å². The summed E-state index contributed by atoms with van der Waals surface area (Å²) in [6.45, 7) is 7.74. The molecule has 1 unspecified atom stereocenters. The number of aryl methyl sites for hydroxylation is 1. The molecule has 1 atom stereocenters. The standard InChI is InChI=1S/C21H22ClN3O4.C2H6/c1-12(2)28-21-18(22)8-16(11-24-21)20(23)29-25-10-13-3-6-17-14(7-13)4-5-15(17)9-19(26)27;1-2/h3,6-8,10-12,15,23H,4-5,9H2,1-2H3,(H,26,27);1-2H3/b23-20?,25-10+;. The second-order valence-corrected chi connectivity index (χ2v) is 7.53. The van der Waals surface area contributed by atoms with Crippen molar-refractivity contribution < 1.29 is 19.5 Å².